The number of halogens is 1. The van der Waals surface area contributed by atoms with Crippen LogP contribution in [-0.4, -0.2) is 51.0 Å². The van der Waals surface area contributed by atoms with Crippen LogP contribution in [0.4, 0.5) is 10.2 Å². The molecule has 0 bridgehead atoms. The maximum atomic E-state index is 14.1. The molecule has 0 aliphatic rings. The van der Waals surface area contributed by atoms with Gasteiger partial charge in [0, 0.05) is 25.8 Å². The number of carbonyl (C=O) groups excluding carboxylic acids is 3. The number of benzene rings is 3. The maximum Gasteiger partial charge on any atom is 0.321 e. The van der Waals surface area contributed by atoms with Gasteiger partial charge in [0.25, 0.3) is 0 Å². The Morgan fingerprint density at radius 3 is 2.20 bits per heavy atom. The lowest BCUT2D eigenvalue weighted by atomic mass is 9.97. The Morgan fingerprint density at radius 2 is 1.53 bits per heavy atom. The summed E-state index contributed by atoms with van der Waals surface area (Å²) in [5.41, 5.74) is 16.3. The van der Waals surface area contributed by atoms with E-state index < -0.39 is 12.0 Å². The van der Waals surface area contributed by atoms with E-state index in [2.05, 4.69) is 10.4 Å². The van der Waals surface area contributed by atoms with Crippen molar-refractivity contribution in [2.45, 2.75) is 96.4 Å². The van der Waals surface area contributed by atoms with Crippen molar-refractivity contribution in [1.29, 1.82) is 0 Å². The fourth-order valence-electron chi connectivity index (χ4n) is 6.10. The normalized spacial score (nSPS) is 11.6. The second-order valence-electron chi connectivity index (χ2n) is 13.0. The second-order valence-corrected chi connectivity index (χ2v) is 13.0. The summed E-state index contributed by atoms with van der Waals surface area (Å²) >= 11 is 0. The van der Waals surface area contributed by atoms with Crippen molar-refractivity contribution in [1.82, 2.24) is 15.1 Å². The summed E-state index contributed by atoms with van der Waals surface area (Å²) in [4.78, 5) is 48.2. The fourth-order valence-corrected chi connectivity index (χ4v) is 6.10. The Balaban J connectivity index is 0.00000702. The number of aromatic nitrogens is 2. The van der Waals surface area contributed by atoms with Crippen molar-refractivity contribution < 1.29 is 28.7 Å². The zero-order valence-corrected chi connectivity index (χ0v) is 30.3. The average Bonchev–Trinajstić information content (AvgIpc) is 3.43. The monoisotopic (exact) mass is 719 g/mol. The van der Waals surface area contributed by atoms with E-state index in [0.29, 0.717) is 29.4 Å². The molecule has 3 aromatic carbocycles. The van der Waals surface area contributed by atoms with E-state index in [4.69, 9.17) is 16.6 Å². The summed E-state index contributed by atoms with van der Waals surface area (Å²) in [6, 6.07) is 16.9. The third-order valence-electron chi connectivity index (χ3n) is 8.84. The van der Waals surface area contributed by atoms with Crippen molar-refractivity contribution in [3.8, 4) is 11.1 Å². The lowest BCUT2D eigenvalue weighted by Crippen LogP contribution is -2.37. The van der Waals surface area contributed by atoms with Gasteiger partial charge < -0.3 is 21.9 Å². The summed E-state index contributed by atoms with van der Waals surface area (Å²) in [7, 11) is 0. The number of nitrogen functional groups attached to an aromatic ring is 1. The van der Waals surface area contributed by atoms with Crippen molar-refractivity contribution in [2.24, 2.45) is 5.73 Å². The number of aryl methyl sites for hydroxylation is 1. The van der Waals surface area contributed by atoms with Crippen molar-refractivity contribution in [2.75, 3.05) is 12.3 Å². The number of ketones is 1. The van der Waals surface area contributed by atoms with Gasteiger partial charge in [-0.2, -0.15) is 18.2 Å². The number of amides is 1. The molecule has 6 N–H and O–H groups in total. The molecule has 0 radical (unpaired) electrons. The molecule has 0 saturated heterocycles. The van der Waals surface area contributed by atoms with Crippen LogP contribution < -0.4 is 16.8 Å². The molecule has 274 valence electrons. The van der Waals surface area contributed by atoms with Gasteiger partial charge in [-0.05, 0) is 54.2 Å². The number of fused-ring (bicyclic) bond motifs is 1. The smallest absolute Gasteiger partial charge is 0.321 e. The highest BCUT2D eigenvalue weighted by Gasteiger charge is 2.18. The van der Waals surface area contributed by atoms with Crippen LogP contribution in [-0.2, 0) is 27.2 Å². The maximum absolute atomic E-state index is 14.1. The summed E-state index contributed by atoms with van der Waals surface area (Å²) in [6.07, 6.45) is 9.39. The lowest BCUT2D eigenvalue weighted by molar-refractivity contribution is -0.140. The first-order valence-electron chi connectivity index (χ1n) is 17.4. The third kappa shape index (κ3) is 12.3. The van der Waals surface area contributed by atoms with Gasteiger partial charge in [-0.25, -0.2) is 4.39 Å². The Morgan fingerprint density at radius 1 is 0.882 bits per heavy atom. The lowest BCUT2D eigenvalue weighted by Gasteiger charge is -2.08. The van der Waals surface area contributed by atoms with Crippen molar-refractivity contribution in [3.63, 3.8) is 0 Å². The Bertz CT molecular complexity index is 1790. The Hall–Kier alpha value is -4.55. The molecular weight excluding hydrogens is 670 g/mol. The van der Waals surface area contributed by atoms with Gasteiger partial charge >= 0.3 is 5.97 Å². The van der Waals surface area contributed by atoms with E-state index in [1.165, 1.54) is 10.7 Å². The Labute approximate surface area is 305 Å². The molecule has 12 heteroatoms. The molecule has 1 atom stereocenters. The molecule has 0 unspecified atom stereocenters. The summed E-state index contributed by atoms with van der Waals surface area (Å²) in [5, 5.41) is 16.6. The molecule has 51 heavy (non-hydrogen) atoms. The van der Waals surface area contributed by atoms with E-state index in [0.717, 1.165) is 80.0 Å². The predicted octanol–water partition coefficient (Wildman–Crippen LogP) is 6.66. The van der Waals surface area contributed by atoms with Crippen LogP contribution in [0.15, 0.2) is 60.7 Å². The van der Waals surface area contributed by atoms with Gasteiger partial charge in [-0.15, -0.1) is 5.10 Å². The van der Waals surface area contributed by atoms with Gasteiger partial charge in [-0.1, -0.05) is 99.0 Å². The number of unbranched alkanes of at least 4 members (excludes halogenated alkanes) is 8. The molecule has 0 aliphatic heterocycles. The molecule has 0 saturated carbocycles. The van der Waals surface area contributed by atoms with Crippen LogP contribution in [0.1, 0.15) is 92.1 Å². The number of carboxylic acid groups (broad SMARTS) is 1. The first kappa shape index (κ1) is 40.9. The van der Waals surface area contributed by atoms with Crippen LogP contribution in [0.3, 0.4) is 0 Å². The van der Waals surface area contributed by atoms with E-state index in [1.807, 2.05) is 49.4 Å². The molecule has 0 spiro atoms. The van der Waals surface area contributed by atoms with E-state index in [1.54, 1.807) is 12.1 Å². The molecule has 1 aromatic heterocycles. The number of hydrogen-bond donors (Lipinski definition) is 4. The van der Waals surface area contributed by atoms with Crippen LogP contribution in [0.2, 0.25) is 0 Å². The predicted molar refractivity (Wildman–Crippen MR) is 204 cm³/mol. The summed E-state index contributed by atoms with van der Waals surface area (Å²) in [5.74, 6) is -1.76. The minimum atomic E-state index is -1.18. The first-order valence-corrected chi connectivity index (χ1v) is 17.4. The number of aliphatic carboxylic acids is 1. The van der Waals surface area contributed by atoms with Crippen LogP contribution in [0.5, 0.6) is 0 Å². The summed E-state index contributed by atoms with van der Waals surface area (Å²) in [6.45, 7) is 2.39. The molecule has 0 fully saturated rings. The number of nitrogens with zero attached hydrogens (tertiary/aromatic N) is 2. The number of carboxylic acids is 1. The van der Waals surface area contributed by atoms with Crippen LogP contribution >= 0.6 is 13.5 Å². The van der Waals surface area contributed by atoms with Crippen molar-refractivity contribution >= 4 is 53.8 Å². The van der Waals surface area contributed by atoms with E-state index >= 15 is 0 Å². The molecule has 0 aliphatic carbocycles. The standard InChI is InChI=1S/C39H48FN5O5.H2S/c1-26-15-20-32(40)29(22-26)24-30(46)23-27-16-18-28(19-17-27)31-12-11-13-34-37(31)38(42)44-45(34)36(48)14-9-7-5-3-2-4-6-8-10-21-43-35(47)25-33(41)39(49)50;/h11-13,15-20,22,33H,2-10,14,21,23-25,41H2,1H3,(H2,42,44)(H,43,47)(H,49,50);1H2/t33-;/m0./s1. The van der Waals surface area contributed by atoms with Crippen LogP contribution in [0.25, 0.3) is 22.0 Å². The minimum absolute atomic E-state index is 0. The zero-order chi connectivity index (χ0) is 36.0. The molecule has 4 aromatic rings. The van der Waals surface area contributed by atoms with Crippen LogP contribution in [0, 0.1) is 12.7 Å². The van der Waals surface area contributed by atoms with Gasteiger partial charge in [0.1, 0.15) is 17.6 Å². The number of nitrogens with two attached hydrogens (primary N) is 2. The molecular formula is C39H50FN5O5S. The number of hydrogen-bond acceptors (Lipinski definition) is 7. The number of nitrogens with one attached hydrogen (secondary N) is 1. The van der Waals surface area contributed by atoms with Crippen molar-refractivity contribution in [3.05, 3.63) is 83.2 Å². The third-order valence-corrected chi connectivity index (χ3v) is 8.84. The van der Waals surface area contributed by atoms with E-state index in [9.17, 15) is 23.6 Å². The SMILES string of the molecule is Cc1ccc(F)c(CC(=O)Cc2ccc(-c3cccc4c3c(N)nn4C(=O)CCCCCCCCCCCNC(=O)C[C@H](N)C(=O)O)cc2)c1.S. The first-order chi connectivity index (χ1) is 24.0. The van der Waals surface area contributed by atoms with Gasteiger partial charge in [0.05, 0.1) is 17.3 Å². The molecule has 4 rings (SSSR count). The molecule has 10 nitrogen and oxygen atoms in total. The fraction of sp³-hybridized carbons (Fsp3) is 0.410. The largest absolute Gasteiger partial charge is 0.480 e. The van der Waals surface area contributed by atoms with E-state index in [-0.39, 0.29) is 62.0 Å². The van der Waals surface area contributed by atoms with Gasteiger partial charge in [-0.3, -0.25) is 19.2 Å². The number of carbonyl (C=O) groups is 4. The minimum Gasteiger partial charge on any atom is -0.480 e. The highest BCUT2D eigenvalue weighted by atomic mass is 32.1. The number of rotatable bonds is 20. The number of anilines is 1. The summed E-state index contributed by atoms with van der Waals surface area (Å²) < 4.78 is 15.5. The topological polar surface area (TPSA) is 170 Å². The Kier molecular flexibility index (Phi) is 16.3. The molecule has 1 amide bonds. The quantitative estimate of drug-likeness (QED) is 0.0735. The highest BCUT2D eigenvalue weighted by molar-refractivity contribution is 7.59. The number of Topliss-reactive ketones (excluding diaryl/α,β-unsaturated/α-hetero) is 1. The van der Waals surface area contributed by atoms with Gasteiger partial charge in [0.15, 0.2) is 5.82 Å². The zero-order valence-electron chi connectivity index (χ0n) is 29.3. The molecule has 1 heterocycles. The highest BCUT2D eigenvalue weighted by Crippen LogP contribution is 2.33. The van der Waals surface area contributed by atoms with Gasteiger partial charge in [0.2, 0.25) is 11.8 Å². The average molecular weight is 720 g/mol. The second kappa shape index (κ2) is 20.3.